The summed E-state index contributed by atoms with van der Waals surface area (Å²) in [4.78, 5) is 15.8. The molecule has 138 valence electrons. The van der Waals surface area contributed by atoms with Crippen molar-refractivity contribution in [2.75, 3.05) is 6.61 Å². The highest BCUT2D eigenvalue weighted by Gasteiger charge is 2.27. The van der Waals surface area contributed by atoms with E-state index in [-0.39, 0.29) is 17.7 Å². The zero-order valence-corrected chi connectivity index (χ0v) is 16.0. The van der Waals surface area contributed by atoms with Crippen LogP contribution in [0.3, 0.4) is 0 Å². The minimum Gasteiger partial charge on any atom is -0.456 e. The second-order valence-corrected chi connectivity index (χ2v) is 7.66. The summed E-state index contributed by atoms with van der Waals surface area (Å²) in [6.45, 7) is 8.38. The van der Waals surface area contributed by atoms with E-state index in [0.29, 0.717) is 5.92 Å². The number of carbonyl (C=O) groups excluding carboxylic acids is 1. The Balaban J connectivity index is 1.79. The molecule has 1 aromatic heterocycles. The maximum atomic E-state index is 11.2. The van der Waals surface area contributed by atoms with E-state index in [2.05, 4.69) is 49.2 Å². The summed E-state index contributed by atoms with van der Waals surface area (Å²) >= 11 is 0. The van der Waals surface area contributed by atoms with E-state index in [1.54, 1.807) is 0 Å². The van der Waals surface area contributed by atoms with Crippen LogP contribution in [0.1, 0.15) is 57.9 Å². The van der Waals surface area contributed by atoms with E-state index in [9.17, 15) is 4.79 Å². The lowest BCUT2D eigenvalue weighted by molar-refractivity contribution is -0.145. The first-order valence-electron chi connectivity index (χ1n) is 9.22. The molecule has 1 aliphatic heterocycles. The van der Waals surface area contributed by atoms with Crippen molar-refractivity contribution >= 4 is 22.9 Å². The summed E-state index contributed by atoms with van der Waals surface area (Å²) < 4.78 is 11.0. The first-order chi connectivity index (χ1) is 12.3. The molecule has 4 heteroatoms. The Hall–Kier alpha value is -2.20. The zero-order chi connectivity index (χ0) is 18.7. The van der Waals surface area contributed by atoms with Crippen molar-refractivity contribution in [3.05, 3.63) is 47.7 Å². The molecule has 0 saturated carbocycles. The molecule has 1 unspecified atom stereocenters. The van der Waals surface area contributed by atoms with Crippen LogP contribution in [0.4, 0.5) is 0 Å². The van der Waals surface area contributed by atoms with Crippen molar-refractivity contribution in [2.45, 2.75) is 52.2 Å². The fraction of sp³-hybridized carbons (Fsp3) is 0.455. The SMILES string of the molecule is CC(=O)O[C@H](C)c1ccc2ccc(/C=C/C3CCOC(C)(C)C3)cc2n1. The van der Waals surface area contributed by atoms with Crippen molar-refractivity contribution in [1.29, 1.82) is 0 Å². The fourth-order valence-corrected chi connectivity index (χ4v) is 3.48. The maximum Gasteiger partial charge on any atom is 0.303 e. The van der Waals surface area contributed by atoms with Gasteiger partial charge in [0.15, 0.2) is 0 Å². The number of aromatic nitrogens is 1. The average Bonchev–Trinajstić information content (AvgIpc) is 2.58. The highest BCUT2D eigenvalue weighted by Crippen LogP contribution is 2.30. The number of pyridine rings is 1. The summed E-state index contributed by atoms with van der Waals surface area (Å²) in [5, 5.41) is 1.08. The van der Waals surface area contributed by atoms with Crippen LogP contribution in [0.25, 0.3) is 17.0 Å². The van der Waals surface area contributed by atoms with Gasteiger partial charge in [0.05, 0.1) is 16.8 Å². The summed E-state index contributed by atoms with van der Waals surface area (Å²) in [7, 11) is 0. The van der Waals surface area contributed by atoms with E-state index in [4.69, 9.17) is 9.47 Å². The molecule has 26 heavy (non-hydrogen) atoms. The van der Waals surface area contributed by atoms with Crippen molar-refractivity contribution in [2.24, 2.45) is 5.92 Å². The number of nitrogens with zero attached hydrogens (tertiary/aromatic N) is 1. The molecule has 1 fully saturated rings. The second-order valence-electron chi connectivity index (χ2n) is 7.66. The summed E-state index contributed by atoms with van der Waals surface area (Å²) in [5.41, 5.74) is 2.77. The molecule has 2 aromatic rings. The average molecular weight is 353 g/mol. The van der Waals surface area contributed by atoms with E-state index < -0.39 is 0 Å². The van der Waals surface area contributed by atoms with Crippen molar-refractivity contribution in [1.82, 2.24) is 4.98 Å². The molecule has 0 radical (unpaired) electrons. The molecule has 0 aliphatic carbocycles. The molecule has 1 aliphatic rings. The third-order valence-electron chi connectivity index (χ3n) is 4.79. The highest BCUT2D eigenvalue weighted by molar-refractivity contribution is 5.81. The van der Waals surface area contributed by atoms with Crippen LogP contribution in [0.5, 0.6) is 0 Å². The van der Waals surface area contributed by atoms with Gasteiger partial charge in [0.25, 0.3) is 0 Å². The predicted molar refractivity (Wildman–Crippen MR) is 104 cm³/mol. The zero-order valence-electron chi connectivity index (χ0n) is 16.0. The van der Waals surface area contributed by atoms with E-state index in [0.717, 1.165) is 41.6 Å². The summed E-state index contributed by atoms with van der Waals surface area (Å²) in [5.74, 6) is 0.244. The Labute approximate surface area is 155 Å². The molecule has 2 atom stereocenters. The van der Waals surface area contributed by atoms with Gasteiger partial charge in [-0.2, -0.15) is 0 Å². The maximum absolute atomic E-state index is 11.2. The number of ether oxygens (including phenoxy) is 2. The van der Waals surface area contributed by atoms with Crippen LogP contribution < -0.4 is 0 Å². The van der Waals surface area contributed by atoms with Gasteiger partial charge in [-0.15, -0.1) is 0 Å². The number of rotatable bonds is 4. The minimum absolute atomic E-state index is 0.0417. The molecule has 0 spiro atoms. The Kier molecular flexibility index (Phi) is 5.42. The molecule has 1 aromatic carbocycles. The number of esters is 1. The minimum atomic E-state index is -0.347. The van der Waals surface area contributed by atoms with Crippen molar-refractivity contribution < 1.29 is 14.3 Å². The summed E-state index contributed by atoms with van der Waals surface area (Å²) in [6.07, 6.45) is 6.22. The van der Waals surface area contributed by atoms with Crippen LogP contribution in [0.15, 0.2) is 36.4 Å². The van der Waals surface area contributed by atoms with Gasteiger partial charge in [-0.25, -0.2) is 4.98 Å². The third kappa shape index (κ3) is 4.70. The van der Waals surface area contributed by atoms with Gasteiger partial charge in [0.1, 0.15) is 6.10 Å². The third-order valence-corrected chi connectivity index (χ3v) is 4.79. The van der Waals surface area contributed by atoms with E-state index in [1.165, 1.54) is 6.92 Å². The van der Waals surface area contributed by atoms with Crippen LogP contribution in [-0.4, -0.2) is 23.2 Å². The van der Waals surface area contributed by atoms with Gasteiger partial charge in [0.2, 0.25) is 0 Å². The molecule has 0 bridgehead atoms. The molecule has 0 amide bonds. The largest absolute Gasteiger partial charge is 0.456 e. The van der Waals surface area contributed by atoms with Crippen LogP contribution in [0.2, 0.25) is 0 Å². The van der Waals surface area contributed by atoms with Gasteiger partial charge in [0, 0.05) is 18.9 Å². The Morgan fingerprint density at radius 1 is 1.35 bits per heavy atom. The standard InChI is InChI=1S/C22H27NO3/c1-15(26-16(2)24)20-10-9-19-8-7-17(13-21(19)23-20)5-6-18-11-12-25-22(3,4)14-18/h5-10,13,15,18H,11-12,14H2,1-4H3/b6-5+/t15-,18?/m1/s1. The van der Waals surface area contributed by atoms with Gasteiger partial charge in [-0.1, -0.05) is 30.4 Å². The molecule has 3 rings (SSSR count). The monoisotopic (exact) mass is 353 g/mol. The predicted octanol–water partition coefficient (Wildman–Crippen LogP) is 5.08. The van der Waals surface area contributed by atoms with Gasteiger partial charge >= 0.3 is 5.97 Å². The first-order valence-corrected chi connectivity index (χ1v) is 9.22. The highest BCUT2D eigenvalue weighted by atomic mass is 16.5. The van der Waals surface area contributed by atoms with Gasteiger partial charge < -0.3 is 9.47 Å². The Bertz CT molecular complexity index is 825. The number of hydrogen-bond acceptors (Lipinski definition) is 4. The number of benzene rings is 1. The van der Waals surface area contributed by atoms with Crippen LogP contribution in [-0.2, 0) is 14.3 Å². The molecule has 2 heterocycles. The van der Waals surface area contributed by atoms with E-state index in [1.807, 2.05) is 19.1 Å². The van der Waals surface area contributed by atoms with Crippen molar-refractivity contribution in [3.8, 4) is 0 Å². The quantitative estimate of drug-likeness (QED) is 0.720. The Morgan fingerprint density at radius 2 is 2.12 bits per heavy atom. The topological polar surface area (TPSA) is 48.4 Å². The lowest BCUT2D eigenvalue weighted by atomic mass is 9.88. The van der Waals surface area contributed by atoms with Gasteiger partial charge in [-0.3, -0.25) is 4.79 Å². The lowest BCUT2D eigenvalue weighted by Gasteiger charge is -2.34. The second kappa shape index (κ2) is 7.58. The number of hydrogen-bond donors (Lipinski definition) is 0. The lowest BCUT2D eigenvalue weighted by Crippen LogP contribution is -2.33. The summed E-state index contributed by atoms with van der Waals surface area (Å²) in [6, 6.07) is 10.2. The normalized spacial score (nSPS) is 21.0. The fourth-order valence-electron chi connectivity index (χ4n) is 3.48. The molecule has 0 N–H and O–H groups in total. The van der Waals surface area contributed by atoms with Crippen LogP contribution in [0, 0.1) is 5.92 Å². The Morgan fingerprint density at radius 3 is 2.85 bits per heavy atom. The van der Waals surface area contributed by atoms with Crippen LogP contribution >= 0.6 is 0 Å². The van der Waals surface area contributed by atoms with E-state index >= 15 is 0 Å². The number of allylic oxidation sites excluding steroid dienone is 1. The molecule has 4 nitrogen and oxygen atoms in total. The molecule has 1 saturated heterocycles. The molecular formula is C22H27NO3. The van der Waals surface area contributed by atoms with Crippen molar-refractivity contribution in [3.63, 3.8) is 0 Å². The smallest absolute Gasteiger partial charge is 0.303 e. The van der Waals surface area contributed by atoms with Gasteiger partial charge in [-0.05, 0) is 57.2 Å². The molecular weight excluding hydrogens is 326 g/mol. The number of fused-ring (bicyclic) bond motifs is 1. The first kappa shape index (κ1) is 18.6. The number of carbonyl (C=O) groups is 1.